The van der Waals surface area contributed by atoms with Crippen molar-refractivity contribution in [1.82, 2.24) is 15.0 Å². The molecule has 0 aliphatic heterocycles. The summed E-state index contributed by atoms with van der Waals surface area (Å²) in [6.45, 7) is 4.66. The Morgan fingerprint density at radius 1 is 0.435 bits per heavy atom. The van der Waals surface area contributed by atoms with Crippen LogP contribution in [0.1, 0.15) is 25.0 Å². The first-order valence-electron chi connectivity index (χ1n) is 15.6. The SMILES string of the molecule is CC1(C)c2ccccc2-c2cc(-c3ccc4sc5cccc(-c6nc(-c7ccccc7)nc(-c7ccccc7)n6)c5c4c3)ccc21. The molecule has 0 unspecified atom stereocenters. The van der Waals surface area contributed by atoms with E-state index in [2.05, 4.69) is 117 Å². The summed E-state index contributed by atoms with van der Waals surface area (Å²) in [6, 6.07) is 49.5. The van der Waals surface area contributed by atoms with Crippen LogP contribution in [0.5, 0.6) is 0 Å². The highest BCUT2D eigenvalue weighted by atomic mass is 32.1. The molecular formula is C42H29N3S. The number of hydrogen-bond donors (Lipinski definition) is 0. The Morgan fingerprint density at radius 3 is 1.76 bits per heavy atom. The Morgan fingerprint density at radius 2 is 1.02 bits per heavy atom. The minimum Gasteiger partial charge on any atom is -0.208 e. The fourth-order valence-corrected chi connectivity index (χ4v) is 8.13. The van der Waals surface area contributed by atoms with Gasteiger partial charge < -0.3 is 0 Å². The number of nitrogens with zero attached hydrogens (tertiary/aromatic N) is 3. The van der Waals surface area contributed by atoms with Gasteiger partial charge in [-0.15, -0.1) is 11.3 Å². The Balaban J connectivity index is 1.23. The lowest BCUT2D eigenvalue weighted by atomic mass is 9.82. The molecule has 218 valence electrons. The van der Waals surface area contributed by atoms with Crippen molar-refractivity contribution in [2.24, 2.45) is 0 Å². The molecule has 0 saturated carbocycles. The first kappa shape index (κ1) is 26.9. The van der Waals surface area contributed by atoms with Gasteiger partial charge in [0.25, 0.3) is 0 Å². The van der Waals surface area contributed by atoms with Gasteiger partial charge in [0.15, 0.2) is 17.5 Å². The molecule has 8 aromatic rings. The van der Waals surface area contributed by atoms with Gasteiger partial charge in [0.2, 0.25) is 0 Å². The van der Waals surface area contributed by atoms with E-state index in [9.17, 15) is 0 Å². The van der Waals surface area contributed by atoms with Crippen LogP contribution in [0, 0.1) is 0 Å². The number of hydrogen-bond acceptors (Lipinski definition) is 4. The molecule has 0 N–H and O–H groups in total. The number of aromatic nitrogens is 3. The molecule has 0 amide bonds. The van der Waals surface area contributed by atoms with Crippen LogP contribution in [-0.2, 0) is 5.41 Å². The van der Waals surface area contributed by atoms with Gasteiger partial charge in [-0.05, 0) is 57.6 Å². The summed E-state index contributed by atoms with van der Waals surface area (Å²) in [6.07, 6.45) is 0. The third-order valence-electron chi connectivity index (χ3n) is 9.35. The highest BCUT2D eigenvalue weighted by Gasteiger charge is 2.35. The molecule has 2 heterocycles. The smallest absolute Gasteiger partial charge is 0.164 e. The first-order chi connectivity index (χ1) is 22.5. The summed E-state index contributed by atoms with van der Waals surface area (Å²) in [5.41, 5.74) is 10.8. The van der Waals surface area contributed by atoms with E-state index in [1.54, 1.807) is 0 Å². The first-order valence-corrected chi connectivity index (χ1v) is 16.4. The van der Waals surface area contributed by atoms with Crippen molar-refractivity contribution in [3.8, 4) is 56.4 Å². The number of benzene rings is 6. The molecule has 9 rings (SSSR count). The molecule has 0 radical (unpaired) electrons. The van der Waals surface area contributed by atoms with Gasteiger partial charge in [-0.1, -0.05) is 129 Å². The van der Waals surface area contributed by atoms with Crippen molar-refractivity contribution in [1.29, 1.82) is 0 Å². The van der Waals surface area contributed by atoms with Crippen molar-refractivity contribution in [3.63, 3.8) is 0 Å². The Kier molecular flexibility index (Phi) is 6.02. The molecule has 0 spiro atoms. The maximum atomic E-state index is 5.07. The highest BCUT2D eigenvalue weighted by molar-refractivity contribution is 7.26. The normalized spacial score (nSPS) is 13.2. The van der Waals surface area contributed by atoms with Gasteiger partial charge >= 0.3 is 0 Å². The average molecular weight is 608 g/mol. The molecule has 46 heavy (non-hydrogen) atoms. The summed E-state index contributed by atoms with van der Waals surface area (Å²) in [5.74, 6) is 2.02. The average Bonchev–Trinajstić information content (AvgIpc) is 3.60. The molecule has 6 aromatic carbocycles. The van der Waals surface area contributed by atoms with E-state index in [1.807, 2.05) is 47.7 Å². The zero-order valence-electron chi connectivity index (χ0n) is 25.5. The van der Waals surface area contributed by atoms with Crippen molar-refractivity contribution in [2.75, 3.05) is 0 Å². The van der Waals surface area contributed by atoms with E-state index < -0.39 is 0 Å². The van der Waals surface area contributed by atoms with Gasteiger partial charge in [-0.3, -0.25) is 0 Å². The Hall–Kier alpha value is -5.45. The summed E-state index contributed by atoms with van der Waals surface area (Å²) in [7, 11) is 0. The fraction of sp³-hybridized carbons (Fsp3) is 0.0714. The Labute approximate surface area is 271 Å². The molecule has 0 atom stereocenters. The molecule has 1 aliphatic rings. The lowest BCUT2D eigenvalue weighted by Gasteiger charge is -2.21. The van der Waals surface area contributed by atoms with Crippen molar-refractivity contribution >= 4 is 31.5 Å². The molecule has 4 heteroatoms. The molecule has 2 aromatic heterocycles. The summed E-state index contributed by atoms with van der Waals surface area (Å²) in [4.78, 5) is 15.1. The fourth-order valence-electron chi connectivity index (χ4n) is 7.02. The van der Waals surface area contributed by atoms with E-state index >= 15 is 0 Å². The maximum Gasteiger partial charge on any atom is 0.164 e. The van der Waals surface area contributed by atoms with Gasteiger partial charge in [0.05, 0.1) is 0 Å². The van der Waals surface area contributed by atoms with E-state index in [4.69, 9.17) is 15.0 Å². The quantitative estimate of drug-likeness (QED) is 0.200. The number of thiophene rings is 1. The standard InChI is InChI=1S/C42H29N3S/c1-42(2)34-18-10-9-16-30(34)32-24-28(20-22-35(32)42)29-21-23-36-33(25-29)38-31(17-11-19-37(38)46-36)41-44-39(26-12-5-3-6-13-26)43-40(45-41)27-14-7-4-8-15-27/h3-25H,1-2H3. The number of fused-ring (bicyclic) bond motifs is 6. The monoisotopic (exact) mass is 607 g/mol. The van der Waals surface area contributed by atoms with Crippen molar-refractivity contribution in [2.45, 2.75) is 19.3 Å². The van der Waals surface area contributed by atoms with Crippen LogP contribution in [0.15, 0.2) is 140 Å². The second-order valence-corrected chi connectivity index (χ2v) is 13.5. The third-order valence-corrected chi connectivity index (χ3v) is 10.5. The van der Waals surface area contributed by atoms with Crippen LogP contribution in [0.4, 0.5) is 0 Å². The lowest BCUT2D eigenvalue weighted by molar-refractivity contribution is 0.660. The molecule has 3 nitrogen and oxygen atoms in total. The molecule has 0 bridgehead atoms. The van der Waals surface area contributed by atoms with Gasteiger partial charge in [0.1, 0.15) is 0 Å². The van der Waals surface area contributed by atoms with E-state index in [0.29, 0.717) is 17.5 Å². The second-order valence-electron chi connectivity index (χ2n) is 12.5. The van der Waals surface area contributed by atoms with Crippen LogP contribution in [0.25, 0.3) is 76.6 Å². The summed E-state index contributed by atoms with van der Waals surface area (Å²) < 4.78 is 2.47. The molecule has 0 saturated heterocycles. The van der Waals surface area contributed by atoms with Crippen molar-refractivity contribution in [3.05, 3.63) is 151 Å². The number of rotatable bonds is 4. The predicted octanol–water partition coefficient (Wildman–Crippen LogP) is 11.2. The third kappa shape index (κ3) is 4.22. The summed E-state index contributed by atoms with van der Waals surface area (Å²) in [5, 5.41) is 2.40. The van der Waals surface area contributed by atoms with Crippen molar-refractivity contribution < 1.29 is 0 Å². The zero-order valence-corrected chi connectivity index (χ0v) is 26.3. The lowest BCUT2D eigenvalue weighted by Crippen LogP contribution is -2.14. The van der Waals surface area contributed by atoms with Crippen LogP contribution in [-0.4, -0.2) is 15.0 Å². The second kappa shape index (κ2) is 10.3. The minimum atomic E-state index is -0.00534. The van der Waals surface area contributed by atoms with E-state index in [0.717, 1.165) is 16.7 Å². The van der Waals surface area contributed by atoms with Crippen LogP contribution >= 0.6 is 11.3 Å². The van der Waals surface area contributed by atoms with Gasteiger partial charge in [-0.25, -0.2) is 15.0 Å². The largest absolute Gasteiger partial charge is 0.208 e. The Bertz CT molecular complexity index is 2380. The molecule has 1 aliphatic carbocycles. The van der Waals surface area contributed by atoms with Crippen LogP contribution < -0.4 is 0 Å². The van der Waals surface area contributed by atoms with Crippen LogP contribution in [0.3, 0.4) is 0 Å². The topological polar surface area (TPSA) is 38.7 Å². The maximum absolute atomic E-state index is 5.07. The van der Waals surface area contributed by atoms with Gasteiger partial charge in [0, 0.05) is 42.3 Å². The summed E-state index contributed by atoms with van der Waals surface area (Å²) >= 11 is 1.81. The van der Waals surface area contributed by atoms with Gasteiger partial charge in [-0.2, -0.15) is 0 Å². The highest BCUT2D eigenvalue weighted by Crippen LogP contribution is 2.50. The van der Waals surface area contributed by atoms with E-state index in [-0.39, 0.29) is 5.41 Å². The minimum absolute atomic E-state index is 0.00534. The molecule has 0 fully saturated rings. The molecular weight excluding hydrogens is 579 g/mol. The van der Waals surface area contributed by atoms with Crippen LogP contribution in [0.2, 0.25) is 0 Å². The zero-order chi connectivity index (χ0) is 30.8. The van der Waals surface area contributed by atoms with E-state index in [1.165, 1.54) is 53.6 Å². The predicted molar refractivity (Wildman–Crippen MR) is 192 cm³/mol.